The zero-order valence-corrected chi connectivity index (χ0v) is 6.83. The minimum Gasteiger partial charge on any atom is -0.213 e. The Hall–Kier alpha value is -1.39. The van der Waals surface area contributed by atoms with Gasteiger partial charge in [-0.1, -0.05) is 6.07 Å². The summed E-state index contributed by atoms with van der Waals surface area (Å²) in [6, 6.07) is 1.51. The number of rotatable bonds is 2. The van der Waals surface area contributed by atoms with Crippen molar-refractivity contribution in [1.82, 2.24) is 0 Å². The lowest BCUT2D eigenvalue weighted by atomic mass is 10.1. The van der Waals surface area contributed by atoms with Crippen LogP contribution in [0.2, 0.25) is 0 Å². The van der Waals surface area contributed by atoms with Crippen LogP contribution in [0.3, 0.4) is 0 Å². The highest BCUT2D eigenvalue weighted by atomic mass is 19.2. The van der Waals surface area contributed by atoms with Crippen molar-refractivity contribution in [3.8, 4) is 0 Å². The van der Waals surface area contributed by atoms with E-state index in [1.54, 1.807) is 0 Å². The minimum atomic E-state index is -1.69. The molecule has 0 unspecified atom stereocenters. The molecule has 0 aromatic heterocycles. The van der Waals surface area contributed by atoms with Gasteiger partial charge in [0.15, 0.2) is 17.5 Å². The van der Waals surface area contributed by atoms with Gasteiger partial charge in [-0.3, -0.25) is 0 Å². The molecule has 0 radical (unpaired) electrons. The van der Waals surface area contributed by atoms with E-state index in [1.807, 2.05) is 0 Å². The van der Waals surface area contributed by atoms with Crippen LogP contribution in [0.25, 0.3) is 0 Å². The van der Waals surface area contributed by atoms with Crippen LogP contribution in [0.4, 0.5) is 22.0 Å². The lowest BCUT2D eigenvalue weighted by Gasteiger charge is -2.02. The Kier molecular flexibility index (Phi) is 3.22. The molecule has 1 aromatic carbocycles. The van der Waals surface area contributed by atoms with Gasteiger partial charge in [-0.05, 0) is 11.6 Å². The van der Waals surface area contributed by atoms with Gasteiger partial charge in [0.25, 0.3) is 0 Å². The number of benzene rings is 1. The molecule has 14 heavy (non-hydrogen) atoms. The molecule has 0 amide bonds. The molecular formula is C9H5F5. The van der Waals surface area contributed by atoms with E-state index in [4.69, 9.17) is 0 Å². The van der Waals surface area contributed by atoms with Crippen molar-refractivity contribution in [3.63, 3.8) is 0 Å². The Morgan fingerprint density at radius 3 is 2.36 bits per heavy atom. The van der Waals surface area contributed by atoms with Gasteiger partial charge in [0.1, 0.15) is 12.2 Å². The Morgan fingerprint density at radius 1 is 1.14 bits per heavy atom. The first-order valence-corrected chi connectivity index (χ1v) is 3.63. The molecule has 1 aromatic rings. The van der Waals surface area contributed by atoms with Crippen LogP contribution in [-0.2, 0) is 6.42 Å². The number of hydrogen-bond acceptors (Lipinski definition) is 0. The Balaban J connectivity index is 3.06. The van der Waals surface area contributed by atoms with Crippen molar-refractivity contribution < 1.29 is 22.0 Å². The van der Waals surface area contributed by atoms with E-state index in [2.05, 4.69) is 0 Å². The second-order valence-electron chi connectivity index (χ2n) is 2.57. The summed E-state index contributed by atoms with van der Waals surface area (Å²) in [6.45, 7) is 0. The summed E-state index contributed by atoms with van der Waals surface area (Å²) in [7, 11) is 0. The highest BCUT2D eigenvalue weighted by Crippen LogP contribution is 2.18. The Labute approximate surface area is 76.7 Å². The molecule has 0 heterocycles. The van der Waals surface area contributed by atoms with Crippen LogP contribution in [0, 0.1) is 17.5 Å². The predicted molar refractivity (Wildman–Crippen MR) is 40.3 cm³/mol. The van der Waals surface area contributed by atoms with E-state index in [9.17, 15) is 22.0 Å². The summed E-state index contributed by atoms with van der Waals surface area (Å²) in [6.07, 6.45) is -1.10. The van der Waals surface area contributed by atoms with Crippen LogP contribution in [0.15, 0.2) is 24.3 Å². The van der Waals surface area contributed by atoms with E-state index in [-0.39, 0.29) is 6.33 Å². The van der Waals surface area contributed by atoms with E-state index < -0.39 is 35.3 Å². The van der Waals surface area contributed by atoms with Crippen LogP contribution in [-0.4, -0.2) is 0 Å². The summed E-state index contributed by atoms with van der Waals surface area (Å²) < 4.78 is 61.7. The molecule has 0 fully saturated rings. The molecule has 0 bridgehead atoms. The lowest BCUT2D eigenvalue weighted by molar-refractivity contribution is 0.439. The fraction of sp³-hybridized carbons (Fsp3) is 0.111. The molecule has 0 N–H and O–H groups in total. The maximum Gasteiger partial charge on any atom is 0.194 e. The van der Waals surface area contributed by atoms with Crippen molar-refractivity contribution in [2.45, 2.75) is 6.42 Å². The molecule has 1 rings (SSSR count). The lowest BCUT2D eigenvalue weighted by Crippen LogP contribution is -1.97. The predicted octanol–water partition coefficient (Wildman–Crippen LogP) is 3.43. The fourth-order valence-electron chi connectivity index (χ4n) is 0.923. The molecule has 0 aliphatic carbocycles. The van der Waals surface area contributed by atoms with Crippen LogP contribution >= 0.6 is 0 Å². The molecule has 0 saturated heterocycles. The smallest absolute Gasteiger partial charge is 0.194 e. The topological polar surface area (TPSA) is 0 Å². The van der Waals surface area contributed by atoms with Gasteiger partial charge in [-0.25, -0.2) is 22.0 Å². The average molecular weight is 208 g/mol. The third-order valence-corrected chi connectivity index (χ3v) is 1.59. The zero-order valence-electron chi connectivity index (χ0n) is 6.83. The second kappa shape index (κ2) is 4.21. The van der Waals surface area contributed by atoms with Crippen molar-refractivity contribution >= 4 is 0 Å². The first-order valence-electron chi connectivity index (χ1n) is 3.63. The van der Waals surface area contributed by atoms with Crippen molar-refractivity contribution in [2.75, 3.05) is 0 Å². The van der Waals surface area contributed by atoms with Crippen molar-refractivity contribution in [1.29, 1.82) is 0 Å². The van der Waals surface area contributed by atoms with Gasteiger partial charge in [-0.2, -0.15) is 0 Å². The summed E-state index contributed by atoms with van der Waals surface area (Å²) in [5.41, 5.74) is -0.435. The van der Waals surface area contributed by atoms with E-state index in [0.717, 1.165) is 6.07 Å². The van der Waals surface area contributed by atoms with Crippen LogP contribution in [0.5, 0.6) is 0 Å². The molecule has 0 atom stereocenters. The van der Waals surface area contributed by atoms with Gasteiger partial charge >= 0.3 is 0 Å². The maximum absolute atomic E-state index is 12.8. The fourth-order valence-corrected chi connectivity index (χ4v) is 0.923. The first kappa shape index (κ1) is 10.7. The van der Waals surface area contributed by atoms with Crippen LogP contribution in [0.1, 0.15) is 5.56 Å². The number of halogens is 5. The quantitative estimate of drug-likeness (QED) is 0.516. The molecule has 76 valence electrons. The maximum atomic E-state index is 12.8. The average Bonchev–Trinajstić information content (AvgIpc) is 2.19. The van der Waals surface area contributed by atoms with Gasteiger partial charge in [-0.15, -0.1) is 0 Å². The molecule has 0 nitrogen and oxygen atoms in total. The van der Waals surface area contributed by atoms with E-state index >= 15 is 0 Å². The molecule has 0 aliphatic heterocycles. The van der Waals surface area contributed by atoms with Crippen LogP contribution < -0.4 is 0 Å². The summed E-state index contributed by atoms with van der Waals surface area (Å²) >= 11 is 0. The summed E-state index contributed by atoms with van der Waals surface area (Å²) in [4.78, 5) is 0. The van der Waals surface area contributed by atoms with Gasteiger partial charge in [0, 0.05) is 6.42 Å². The minimum absolute atomic E-state index is 0.360. The van der Waals surface area contributed by atoms with Gasteiger partial charge in [0.2, 0.25) is 0 Å². The largest absolute Gasteiger partial charge is 0.213 e. The number of allylic oxidation sites excluding steroid dienone is 1. The van der Waals surface area contributed by atoms with Crippen molar-refractivity contribution in [2.24, 2.45) is 0 Å². The van der Waals surface area contributed by atoms with E-state index in [1.165, 1.54) is 0 Å². The molecular weight excluding hydrogens is 203 g/mol. The van der Waals surface area contributed by atoms with Crippen molar-refractivity contribution in [3.05, 3.63) is 47.3 Å². The van der Waals surface area contributed by atoms with Gasteiger partial charge < -0.3 is 0 Å². The third kappa shape index (κ3) is 2.10. The molecule has 5 heteroatoms. The zero-order chi connectivity index (χ0) is 10.7. The third-order valence-electron chi connectivity index (χ3n) is 1.59. The SMILES string of the molecule is FC=C(F)Cc1ccc(F)c(F)c1F. The normalized spacial score (nSPS) is 11.9. The number of hydrogen-bond donors (Lipinski definition) is 0. The molecule has 0 spiro atoms. The monoisotopic (exact) mass is 208 g/mol. The highest BCUT2D eigenvalue weighted by Gasteiger charge is 2.14. The standard InChI is InChI=1S/C9H5F5/c10-4-6(11)3-5-1-2-7(12)9(14)8(5)13/h1-2,4H,3H2. The summed E-state index contributed by atoms with van der Waals surface area (Å²) in [5.74, 6) is -5.80. The molecule has 0 aliphatic rings. The first-order chi connectivity index (χ1) is 6.56. The second-order valence-corrected chi connectivity index (χ2v) is 2.57. The Morgan fingerprint density at radius 2 is 1.79 bits per heavy atom. The summed E-state index contributed by atoms with van der Waals surface area (Å²) in [5, 5.41) is 0. The van der Waals surface area contributed by atoms with E-state index in [0.29, 0.717) is 6.07 Å². The Bertz CT molecular complexity index is 370. The molecule has 0 saturated carbocycles. The highest BCUT2D eigenvalue weighted by molar-refractivity contribution is 5.23. The van der Waals surface area contributed by atoms with Gasteiger partial charge in [0.05, 0.1) is 0 Å².